The van der Waals surface area contributed by atoms with Gasteiger partial charge in [-0.25, -0.2) is 5.43 Å². The number of carbonyl (C=O) groups excluding carboxylic acids is 1. The second kappa shape index (κ2) is 6.78. The molecule has 2 aromatic carbocycles. The normalized spacial score (nSPS) is 15.9. The van der Waals surface area contributed by atoms with E-state index in [1.54, 1.807) is 36.4 Å². The van der Waals surface area contributed by atoms with Crippen molar-refractivity contribution in [1.29, 1.82) is 0 Å². The molecule has 0 bridgehead atoms. The lowest BCUT2D eigenvalue weighted by Crippen LogP contribution is -2.42. The van der Waals surface area contributed by atoms with Gasteiger partial charge in [-0.15, -0.1) is 0 Å². The van der Waals surface area contributed by atoms with Gasteiger partial charge in [-0.3, -0.25) is 14.9 Å². The van der Waals surface area contributed by atoms with Crippen molar-refractivity contribution in [2.24, 2.45) is 5.10 Å². The predicted molar refractivity (Wildman–Crippen MR) is 85.2 cm³/mol. The third-order valence-corrected chi connectivity index (χ3v) is 3.31. The number of hydrogen-bond donors (Lipinski definition) is 1. The summed E-state index contributed by atoms with van der Waals surface area (Å²) in [5.41, 5.74) is 2.49. The summed E-state index contributed by atoms with van der Waals surface area (Å²) in [7, 11) is 0. The van der Waals surface area contributed by atoms with Crippen LogP contribution in [0.5, 0.6) is 11.5 Å². The number of hydrazone groups is 1. The Morgan fingerprint density at radius 1 is 1.21 bits per heavy atom. The van der Waals surface area contributed by atoms with Crippen LogP contribution in [0.2, 0.25) is 0 Å². The van der Waals surface area contributed by atoms with E-state index >= 15 is 0 Å². The lowest BCUT2D eigenvalue weighted by atomic mass is 10.2. The zero-order valence-corrected chi connectivity index (χ0v) is 12.4. The van der Waals surface area contributed by atoms with Crippen LogP contribution >= 0.6 is 0 Å². The van der Waals surface area contributed by atoms with Crippen LogP contribution in [0, 0.1) is 10.1 Å². The molecule has 0 spiro atoms. The van der Waals surface area contributed by atoms with Crippen molar-refractivity contribution in [2.45, 2.75) is 6.10 Å². The molecule has 1 heterocycles. The van der Waals surface area contributed by atoms with E-state index in [0.29, 0.717) is 11.5 Å². The van der Waals surface area contributed by atoms with E-state index in [1.807, 2.05) is 0 Å². The van der Waals surface area contributed by atoms with E-state index in [9.17, 15) is 14.9 Å². The first-order valence-electron chi connectivity index (χ1n) is 7.10. The zero-order valence-electron chi connectivity index (χ0n) is 12.4. The summed E-state index contributed by atoms with van der Waals surface area (Å²) in [6.07, 6.45) is 0.371. The lowest BCUT2D eigenvalue weighted by Gasteiger charge is -2.24. The predicted octanol–water partition coefficient (Wildman–Crippen LogP) is 1.88. The largest absolute Gasteiger partial charge is 0.485 e. The number of hydrogen-bond acceptors (Lipinski definition) is 6. The first-order chi connectivity index (χ1) is 11.6. The Balaban J connectivity index is 1.63. The molecule has 0 fully saturated rings. The highest BCUT2D eigenvalue weighted by Gasteiger charge is 2.27. The second-order valence-corrected chi connectivity index (χ2v) is 4.91. The second-order valence-electron chi connectivity index (χ2n) is 4.91. The molecule has 0 aliphatic carbocycles. The van der Waals surface area contributed by atoms with Crippen molar-refractivity contribution >= 4 is 17.8 Å². The molecule has 2 aromatic rings. The van der Waals surface area contributed by atoms with Gasteiger partial charge in [-0.2, -0.15) is 5.10 Å². The summed E-state index contributed by atoms with van der Waals surface area (Å²) in [6, 6.07) is 13.1. The van der Waals surface area contributed by atoms with Crippen molar-refractivity contribution in [3.8, 4) is 11.5 Å². The minimum Gasteiger partial charge on any atom is -0.485 e. The van der Waals surface area contributed by atoms with Crippen LogP contribution in [0.25, 0.3) is 0 Å². The van der Waals surface area contributed by atoms with Crippen LogP contribution in [0.1, 0.15) is 5.56 Å². The van der Waals surface area contributed by atoms with E-state index in [-0.39, 0.29) is 17.9 Å². The highest BCUT2D eigenvalue weighted by molar-refractivity contribution is 5.87. The molecule has 0 aromatic heterocycles. The van der Waals surface area contributed by atoms with Gasteiger partial charge in [-0.1, -0.05) is 24.3 Å². The third kappa shape index (κ3) is 3.32. The zero-order chi connectivity index (χ0) is 16.9. The summed E-state index contributed by atoms with van der Waals surface area (Å²) < 4.78 is 11.0. The van der Waals surface area contributed by atoms with Gasteiger partial charge in [0.05, 0.1) is 16.7 Å². The molecule has 0 radical (unpaired) electrons. The summed E-state index contributed by atoms with van der Waals surface area (Å²) in [5.74, 6) is 0.552. The summed E-state index contributed by atoms with van der Waals surface area (Å²) in [5, 5.41) is 14.7. The highest BCUT2D eigenvalue weighted by Crippen LogP contribution is 2.30. The maximum absolute atomic E-state index is 12.1. The number of nitrogens with zero attached hydrogens (tertiary/aromatic N) is 2. The number of ether oxygens (including phenoxy) is 2. The van der Waals surface area contributed by atoms with Crippen LogP contribution in [0.4, 0.5) is 5.69 Å². The van der Waals surface area contributed by atoms with E-state index in [4.69, 9.17) is 9.47 Å². The number of para-hydroxylation sites is 3. The Bertz CT molecular complexity index is 806. The average molecular weight is 327 g/mol. The van der Waals surface area contributed by atoms with Gasteiger partial charge in [0.15, 0.2) is 11.5 Å². The summed E-state index contributed by atoms with van der Waals surface area (Å²) in [4.78, 5) is 22.4. The van der Waals surface area contributed by atoms with E-state index in [2.05, 4.69) is 10.5 Å². The molecule has 8 heteroatoms. The monoisotopic (exact) mass is 327 g/mol. The Morgan fingerprint density at radius 2 is 1.92 bits per heavy atom. The Kier molecular flexibility index (Phi) is 4.37. The molecular weight excluding hydrogens is 314 g/mol. The first-order valence-corrected chi connectivity index (χ1v) is 7.10. The van der Waals surface area contributed by atoms with Crippen LogP contribution < -0.4 is 14.9 Å². The first kappa shape index (κ1) is 15.5. The number of rotatable bonds is 4. The molecule has 1 aliphatic rings. The van der Waals surface area contributed by atoms with Gasteiger partial charge in [0.2, 0.25) is 6.10 Å². The minimum absolute atomic E-state index is 0.0594. The minimum atomic E-state index is -0.845. The molecule has 24 heavy (non-hydrogen) atoms. The van der Waals surface area contributed by atoms with E-state index in [1.165, 1.54) is 18.3 Å². The topological polar surface area (TPSA) is 103 Å². The number of carbonyl (C=O) groups is 1. The summed E-state index contributed by atoms with van der Waals surface area (Å²) >= 11 is 0. The Labute approximate surface area is 136 Å². The van der Waals surface area contributed by atoms with Crippen molar-refractivity contribution in [3.63, 3.8) is 0 Å². The van der Waals surface area contributed by atoms with E-state index in [0.717, 1.165) is 0 Å². The van der Waals surface area contributed by atoms with Crippen LogP contribution in [-0.4, -0.2) is 29.8 Å². The van der Waals surface area contributed by atoms with Crippen LogP contribution in [0.3, 0.4) is 0 Å². The van der Waals surface area contributed by atoms with Gasteiger partial charge >= 0.3 is 0 Å². The molecule has 1 amide bonds. The number of amides is 1. The fraction of sp³-hybridized carbons (Fsp3) is 0.125. The molecule has 0 saturated heterocycles. The fourth-order valence-electron chi connectivity index (χ4n) is 2.15. The maximum Gasteiger partial charge on any atom is 0.284 e. The number of nitrogens with one attached hydrogen (secondary N) is 1. The SMILES string of the molecule is O=C(N/N=C/c1ccccc1[N+](=O)[O-])C1COc2ccccc2O1. The van der Waals surface area contributed by atoms with Crippen molar-refractivity contribution in [3.05, 3.63) is 64.2 Å². The molecule has 0 saturated carbocycles. The maximum atomic E-state index is 12.1. The average Bonchev–Trinajstić information content (AvgIpc) is 2.61. The van der Waals surface area contributed by atoms with Gasteiger partial charge in [-0.05, 0) is 18.2 Å². The third-order valence-electron chi connectivity index (χ3n) is 3.31. The Hall–Kier alpha value is -3.42. The summed E-state index contributed by atoms with van der Waals surface area (Å²) in [6.45, 7) is 0.0594. The van der Waals surface area contributed by atoms with E-state index < -0.39 is 16.9 Å². The standard InChI is InChI=1S/C16H13N3O5/c20-16(15-10-23-13-7-3-4-8-14(13)24-15)18-17-9-11-5-1-2-6-12(11)19(21)22/h1-9,15H,10H2,(H,18,20)/b17-9+. The molecule has 1 aliphatic heterocycles. The lowest BCUT2D eigenvalue weighted by molar-refractivity contribution is -0.385. The van der Waals surface area contributed by atoms with Crippen molar-refractivity contribution in [1.82, 2.24) is 5.43 Å². The molecule has 122 valence electrons. The highest BCUT2D eigenvalue weighted by atomic mass is 16.6. The smallest absolute Gasteiger partial charge is 0.284 e. The van der Waals surface area contributed by atoms with Crippen molar-refractivity contribution < 1.29 is 19.2 Å². The number of fused-ring (bicyclic) bond motifs is 1. The van der Waals surface area contributed by atoms with Gasteiger partial charge < -0.3 is 9.47 Å². The van der Waals surface area contributed by atoms with Crippen LogP contribution in [0.15, 0.2) is 53.6 Å². The molecule has 3 rings (SSSR count). The molecule has 1 unspecified atom stereocenters. The van der Waals surface area contributed by atoms with Crippen molar-refractivity contribution in [2.75, 3.05) is 6.61 Å². The molecule has 8 nitrogen and oxygen atoms in total. The number of nitro benzene ring substituents is 1. The molecular formula is C16H13N3O5. The van der Waals surface area contributed by atoms with Crippen LogP contribution in [-0.2, 0) is 4.79 Å². The quantitative estimate of drug-likeness (QED) is 0.525. The number of benzene rings is 2. The van der Waals surface area contributed by atoms with Gasteiger partial charge in [0, 0.05) is 6.07 Å². The molecule has 1 N–H and O–H groups in total. The van der Waals surface area contributed by atoms with Gasteiger partial charge in [0.25, 0.3) is 11.6 Å². The number of nitro groups is 1. The molecule has 1 atom stereocenters. The van der Waals surface area contributed by atoms with Gasteiger partial charge in [0.1, 0.15) is 6.61 Å². The Morgan fingerprint density at radius 3 is 2.71 bits per heavy atom. The fourth-order valence-corrected chi connectivity index (χ4v) is 2.15.